The zero-order valence-electron chi connectivity index (χ0n) is 12.5. The van der Waals surface area contributed by atoms with Crippen LogP contribution in [0.5, 0.6) is 0 Å². The van der Waals surface area contributed by atoms with Crippen molar-refractivity contribution in [2.24, 2.45) is 0 Å². The van der Waals surface area contributed by atoms with Crippen LogP contribution in [0.15, 0.2) is 24.3 Å². The Balaban J connectivity index is 1.67. The van der Waals surface area contributed by atoms with Crippen LogP contribution in [0.4, 0.5) is 5.69 Å². The normalized spacial score (nSPS) is 15.1. The first-order valence-corrected chi connectivity index (χ1v) is 8.24. The summed E-state index contributed by atoms with van der Waals surface area (Å²) in [5.41, 5.74) is 2.93. The quantitative estimate of drug-likeness (QED) is 0.581. The van der Waals surface area contributed by atoms with Gasteiger partial charge in [0.1, 0.15) is 0 Å². The third-order valence-corrected chi connectivity index (χ3v) is 4.23. The highest BCUT2D eigenvalue weighted by Crippen LogP contribution is 2.21. The summed E-state index contributed by atoms with van der Waals surface area (Å²) in [6.45, 7) is 4.77. The van der Waals surface area contributed by atoms with E-state index in [-0.39, 0.29) is 0 Å². The Morgan fingerprint density at radius 3 is 2.16 bits per heavy atom. The SMILES string of the molecule is CCCCCCCCc1ccc(N2CCCC2)cc1. The highest BCUT2D eigenvalue weighted by atomic mass is 15.1. The van der Waals surface area contributed by atoms with Gasteiger partial charge < -0.3 is 4.90 Å². The van der Waals surface area contributed by atoms with Crippen molar-refractivity contribution < 1.29 is 0 Å². The van der Waals surface area contributed by atoms with Crippen LogP contribution in [0.3, 0.4) is 0 Å². The second-order valence-corrected chi connectivity index (χ2v) is 5.88. The monoisotopic (exact) mass is 259 g/mol. The fourth-order valence-electron chi connectivity index (χ4n) is 2.96. The Morgan fingerprint density at radius 2 is 1.47 bits per heavy atom. The van der Waals surface area contributed by atoms with Crippen LogP contribution in [0.25, 0.3) is 0 Å². The van der Waals surface area contributed by atoms with Crippen molar-refractivity contribution >= 4 is 5.69 Å². The molecule has 1 nitrogen and oxygen atoms in total. The molecule has 0 aromatic heterocycles. The van der Waals surface area contributed by atoms with E-state index >= 15 is 0 Å². The molecule has 0 bridgehead atoms. The van der Waals surface area contributed by atoms with Gasteiger partial charge in [0, 0.05) is 18.8 Å². The molecule has 19 heavy (non-hydrogen) atoms. The number of unbranched alkanes of at least 4 members (excludes halogenated alkanes) is 5. The molecule has 106 valence electrons. The van der Waals surface area contributed by atoms with Gasteiger partial charge in [-0.2, -0.15) is 0 Å². The molecular formula is C18H29N. The molecule has 0 aliphatic carbocycles. The van der Waals surface area contributed by atoms with E-state index in [0.717, 1.165) is 0 Å². The third kappa shape index (κ3) is 4.89. The molecule has 0 unspecified atom stereocenters. The Kier molecular flexibility index (Phi) is 6.26. The fourth-order valence-corrected chi connectivity index (χ4v) is 2.96. The maximum atomic E-state index is 2.51. The average Bonchev–Trinajstić information content (AvgIpc) is 2.97. The smallest absolute Gasteiger partial charge is 0.0366 e. The Morgan fingerprint density at radius 1 is 0.842 bits per heavy atom. The van der Waals surface area contributed by atoms with Crippen molar-refractivity contribution in [2.45, 2.75) is 64.7 Å². The van der Waals surface area contributed by atoms with Crippen molar-refractivity contribution in [3.63, 3.8) is 0 Å². The van der Waals surface area contributed by atoms with Gasteiger partial charge >= 0.3 is 0 Å². The van der Waals surface area contributed by atoms with Gasteiger partial charge in [-0.05, 0) is 43.4 Å². The van der Waals surface area contributed by atoms with Crippen molar-refractivity contribution in [1.82, 2.24) is 0 Å². The van der Waals surface area contributed by atoms with Crippen LogP contribution in [0, 0.1) is 0 Å². The van der Waals surface area contributed by atoms with Gasteiger partial charge in [0.25, 0.3) is 0 Å². The van der Waals surface area contributed by atoms with E-state index in [9.17, 15) is 0 Å². The van der Waals surface area contributed by atoms with E-state index in [1.807, 2.05) is 0 Å². The van der Waals surface area contributed by atoms with E-state index < -0.39 is 0 Å². The van der Waals surface area contributed by atoms with Gasteiger partial charge in [0.2, 0.25) is 0 Å². The van der Waals surface area contributed by atoms with E-state index in [1.54, 1.807) is 0 Å². The summed E-state index contributed by atoms with van der Waals surface area (Å²) >= 11 is 0. The molecule has 1 fully saturated rings. The van der Waals surface area contributed by atoms with Gasteiger partial charge in [-0.3, -0.25) is 0 Å². The Bertz CT molecular complexity index is 335. The maximum Gasteiger partial charge on any atom is 0.0366 e. The summed E-state index contributed by atoms with van der Waals surface area (Å²) in [4.78, 5) is 2.51. The van der Waals surface area contributed by atoms with Crippen LogP contribution in [-0.2, 0) is 6.42 Å². The molecule has 1 aliphatic heterocycles. The molecular weight excluding hydrogens is 230 g/mol. The van der Waals surface area contributed by atoms with Crippen molar-refractivity contribution in [3.8, 4) is 0 Å². The lowest BCUT2D eigenvalue weighted by atomic mass is 10.0. The first-order valence-electron chi connectivity index (χ1n) is 8.24. The van der Waals surface area contributed by atoms with Gasteiger partial charge in [0.15, 0.2) is 0 Å². The third-order valence-electron chi connectivity index (χ3n) is 4.23. The summed E-state index contributed by atoms with van der Waals surface area (Å²) in [7, 11) is 0. The molecule has 2 rings (SSSR count). The van der Waals surface area contributed by atoms with Crippen LogP contribution >= 0.6 is 0 Å². The minimum Gasteiger partial charge on any atom is -0.372 e. The lowest BCUT2D eigenvalue weighted by molar-refractivity contribution is 0.607. The minimum atomic E-state index is 1.25. The summed E-state index contributed by atoms with van der Waals surface area (Å²) in [6, 6.07) is 9.30. The van der Waals surface area contributed by atoms with E-state index in [0.29, 0.717) is 0 Å². The number of hydrogen-bond acceptors (Lipinski definition) is 1. The molecule has 0 amide bonds. The fraction of sp³-hybridized carbons (Fsp3) is 0.667. The highest BCUT2D eigenvalue weighted by Gasteiger charge is 2.11. The molecule has 0 radical (unpaired) electrons. The zero-order valence-corrected chi connectivity index (χ0v) is 12.5. The Hall–Kier alpha value is -0.980. The molecule has 0 atom stereocenters. The molecule has 1 heterocycles. The molecule has 1 aliphatic rings. The number of aryl methyl sites for hydroxylation is 1. The summed E-state index contributed by atoms with van der Waals surface area (Å²) in [5.74, 6) is 0. The summed E-state index contributed by atoms with van der Waals surface area (Å²) in [6.07, 6.45) is 12.3. The van der Waals surface area contributed by atoms with Crippen LogP contribution in [0.2, 0.25) is 0 Å². The van der Waals surface area contributed by atoms with E-state index in [2.05, 4.69) is 36.1 Å². The number of anilines is 1. The first-order chi connectivity index (χ1) is 9.40. The molecule has 1 aromatic carbocycles. The maximum absolute atomic E-state index is 2.51. The molecule has 1 saturated heterocycles. The van der Waals surface area contributed by atoms with Crippen LogP contribution in [-0.4, -0.2) is 13.1 Å². The largest absolute Gasteiger partial charge is 0.372 e. The minimum absolute atomic E-state index is 1.25. The molecule has 0 spiro atoms. The molecule has 1 aromatic rings. The lowest BCUT2D eigenvalue weighted by Crippen LogP contribution is -2.17. The molecule has 0 saturated carbocycles. The number of hydrogen-bond donors (Lipinski definition) is 0. The average molecular weight is 259 g/mol. The van der Waals surface area contributed by atoms with Crippen LogP contribution < -0.4 is 4.90 Å². The summed E-state index contributed by atoms with van der Waals surface area (Å²) in [5, 5.41) is 0. The predicted molar refractivity (Wildman–Crippen MR) is 85.0 cm³/mol. The van der Waals surface area contributed by atoms with Gasteiger partial charge in [-0.1, -0.05) is 51.2 Å². The molecule has 0 N–H and O–H groups in total. The van der Waals surface area contributed by atoms with Gasteiger partial charge in [-0.25, -0.2) is 0 Å². The molecule has 1 heteroatoms. The number of nitrogens with zero attached hydrogens (tertiary/aromatic N) is 1. The Labute approximate surface area is 119 Å². The van der Waals surface area contributed by atoms with Gasteiger partial charge in [-0.15, -0.1) is 0 Å². The topological polar surface area (TPSA) is 3.24 Å². The van der Waals surface area contributed by atoms with Crippen molar-refractivity contribution in [2.75, 3.05) is 18.0 Å². The van der Waals surface area contributed by atoms with Crippen molar-refractivity contribution in [3.05, 3.63) is 29.8 Å². The second-order valence-electron chi connectivity index (χ2n) is 5.88. The lowest BCUT2D eigenvalue weighted by Gasteiger charge is -2.17. The van der Waals surface area contributed by atoms with Gasteiger partial charge in [0.05, 0.1) is 0 Å². The predicted octanol–water partition coefficient (Wildman–Crippen LogP) is 5.19. The highest BCUT2D eigenvalue weighted by molar-refractivity contribution is 5.48. The zero-order chi connectivity index (χ0) is 13.3. The van der Waals surface area contributed by atoms with E-state index in [1.165, 1.54) is 82.1 Å². The number of rotatable bonds is 8. The standard InChI is InChI=1S/C18H29N/c1-2-3-4-5-6-7-10-17-11-13-18(14-12-17)19-15-8-9-16-19/h11-14H,2-10,15-16H2,1H3. The second kappa shape index (κ2) is 8.24. The van der Waals surface area contributed by atoms with Crippen molar-refractivity contribution in [1.29, 1.82) is 0 Å². The summed E-state index contributed by atoms with van der Waals surface area (Å²) < 4.78 is 0. The van der Waals surface area contributed by atoms with E-state index in [4.69, 9.17) is 0 Å². The van der Waals surface area contributed by atoms with Crippen LogP contribution in [0.1, 0.15) is 63.9 Å². The number of benzene rings is 1. The first kappa shape index (κ1) is 14.4.